The molecule has 2 aromatic rings. The van der Waals surface area contributed by atoms with Crippen LogP contribution in [0.2, 0.25) is 0 Å². The maximum absolute atomic E-state index is 10.7. The quantitative estimate of drug-likeness (QED) is 0.841. The molecule has 5 nitrogen and oxygen atoms in total. The Morgan fingerprint density at radius 2 is 2.17 bits per heavy atom. The molecule has 1 N–H and O–H groups in total. The Morgan fingerprint density at radius 3 is 2.96 bits per heavy atom. The molecule has 0 aliphatic heterocycles. The van der Waals surface area contributed by atoms with Crippen LogP contribution in [0.15, 0.2) is 29.3 Å². The Kier molecular flexibility index (Phi) is 4.92. The summed E-state index contributed by atoms with van der Waals surface area (Å²) in [4.78, 5) is 16.4. The van der Waals surface area contributed by atoms with E-state index in [1.807, 2.05) is 6.07 Å². The Bertz CT molecular complexity index is 833. The first-order valence-corrected chi connectivity index (χ1v) is 8.53. The third-order valence-electron chi connectivity index (χ3n) is 3.86. The Morgan fingerprint density at radius 1 is 1.38 bits per heavy atom. The molecule has 0 fully saturated rings. The molecule has 0 unspecified atom stereocenters. The number of hydrogen-bond acceptors (Lipinski definition) is 5. The highest BCUT2D eigenvalue weighted by atomic mass is 32.1. The fourth-order valence-corrected chi connectivity index (χ4v) is 3.93. The Hall–Kier alpha value is -2.65. The lowest BCUT2D eigenvalue weighted by molar-refractivity contribution is -0.139. The molecule has 0 radical (unpaired) electrons. The van der Waals surface area contributed by atoms with Crippen molar-refractivity contribution in [3.05, 3.63) is 45.8 Å². The van der Waals surface area contributed by atoms with Crippen LogP contribution >= 0.6 is 11.3 Å². The van der Waals surface area contributed by atoms with E-state index in [0.717, 1.165) is 36.2 Å². The van der Waals surface area contributed by atoms with Crippen molar-refractivity contribution in [3.8, 4) is 11.8 Å². The van der Waals surface area contributed by atoms with E-state index in [1.165, 1.54) is 4.88 Å². The van der Waals surface area contributed by atoms with Gasteiger partial charge in [-0.05, 0) is 43.4 Å². The number of carbonyl (C=O) groups is 1. The molecule has 0 amide bonds. The topological polar surface area (TPSA) is 82.7 Å². The third kappa shape index (κ3) is 3.47. The molecule has 0 atom stereocenters. The Labute approximate surface area is 143 Å². The van der Waals surface area contributed by atoms with Crippen molar-refractivity contribution < 1.29 is 14.6 Å². The van der Waals surface area contributed by atoms with Gasteiger partial charge in [-0.3, -0.25) is 0 Å². The maximum Gasteiger partial charge on any atom is 0.341 e. The largest absolute Gasteiger partial charge is 0.481 e. The molecule has 0 spiro atoms. The van der Waals surface area contributed by atoms with Crippen molar-refractivity contribution in [1.29, 1.82) is 5.26 Å². The van der Waals surface area contributed by atoms with Crippen molar-refractivity contribution >= 4 is 28.5 Å². The van der Waals surface area contributed by atoms with Crippen LogP contribution in [0.3, 0.4) is 0 Å². The average Bonchev–Trinajstić information content (AvgIpc) is 2.96. The molecule has 1 heterocycles. The van der Waals surface area contributed by atoms with E-state index in [9.17, 15) is 10.1 Å². The van der Waals surface area contributed by atoms with E-state index in [2.05, 4.69) is 11.1 Å². The van der Waals surface area contributed by atoms with Crippen LogP contribution in [0.25, 0.3) is 0 Å². The first kappa shape index (κ1) is 16.2. The summed E-state index contributed by atoms with van der Waals surface area (Å²) < 4.78 is 5.27. The fraction of sp³-hybridized carbons (Fsp3) is 0.278. The monoisotopic (exact) mass is 340 g/mol. The average molecular weight is 340 g/mol. The number of carboxylic acids is 1. The van der Waals surface area contributed by atoms with Crippen molar-refractivity contribution in [3.63, 3.8) is 0 Å². The predicted octanol–water partition coefficient (Wildman–Crippen LogP) is 3.71. The van der Waals surface area contributed by atoms with E-state index >= 15 is 0 Å². The third-order valence-corrected chi connectivity index (χ3v) is 5.06. The predicted molar refractivity (Wildman–Crippen MR) is 92.5 cm³/mol. The van der Waals surface area contributed by atoms with Crippen LogP contribution < -0.4 is 4.74 Å². The number of aliphatic imine (C=N–C) groups is 1. The number of benzene rings is 1. The number of aryl methyl sites for hydroxylation is 1. The molecule has 1 aliphatic rings. The van der Waals surface area contributed by atoms with Gasteiger partial charge in [0.1, 0.15) is 16.8 Å². The summed E-state index contributed by atoms with van der Waals surface area (Å²) in [5.74, 6) is -0.567. The van der Waals surface area contributed by atoms with Gasteiger partial charge in [0.25, 0.3) is 0 Å². The summed E-state index contributed by atoms with van der Waals surface area (Å²) in [6.45, 7) is -0.401. The van der Waals surface area contributed by atoms with Gasteiger partial charge in [0, 0.05) is 16.7 Å². The van der Waals surface area contributed by atoms with Crippen LogP contribution in [-0.4, -0.2) is 23.9 Å². The second-order valence-electron chi connectivity index (χ2n) is 5.48. The number of aliphatic carboxylic acids is 1. The molecule has 1 aromatic heterocycles. The molecule has 0 saturated carbocycles. The number of carboxylic acid groups (broad SMARTS) is 1. The van der Waals surface area contributed by atoms with Crippen LogP contribution in [0.1, 0.15) is 34.4 Å². The molecule has 0 bridgehead atoms. The van der Waals surface area contributed by atoms with E-state index in [1.54, 1.807) is 35.8 Å². The zero-order valence-electron chi connectivity index (χ0n) is 13.0. The van der Waals surface area contributed by atoms with Gasteiger partial charge in [-0.25, -0.2) is 9.79 Å². The number of thiophene rings is 1. The number of rotatable bonds is 5. The molecular formula is C18H16N2O3S. The van der Waals surface area contributed by atoms with Crippen molar-refractivity contribution in [2.24, 2.45) is 4.99 Å². The van der Waals surface area contributed by atoms with E-state index in [0.29, 0.717) is 16.9 Å². The highest BCUT2D eigenvalue weighted by Crippen LogP contribution is 2.39. The number of hydrogen-bond donors (Lipinski definition) is 1. The second kappa shape index (κ2) is 7.28. The minimum absolute atomic E-state index is 0.401. The SMILES string of the molecule is N#Cc1c(N=Cc2ccccc2OCC(=O)O)sc2c1CCCC2. The van der Waals surface area contributed by atoms with Crippen molar-refractivity contribution in [2.45, 2.75) is 25.7 Å². The minimum Gasteiger partial charge on any atom is -0.481 e. The molecule has 3 rings (SSSR count). The smallest absolute Gasteiger partial charge is 0.341 e. The van der Waals surface area contributed by atoms with Gasteiger partial charge in [-0.1, -0.05) is 12.1 Å². The molecule has 0 saturated heterocycles. The molecule has 122 valence electrons. The van der Waals surface area contributed by atoms with Gasteiger partial charge >= 0.3 is 5.97 Å². The first-order chi connectivity index (χ1) is 11.7. The van der Waals surface area contributed by atoms with Crippen molar-refractivity contribution in [2.75, 3.05) is 6.61 Å². The summed E-state index contributed by atoms with van der Waals surface area (Å²) in [5, 5.41) is 18.9. The lowest BCUT2D eigenvalue weighted by Gasteiger charge is -2.09. The lowest BCUT2D eigenvalue weighted by Crippen LogP contribution is -2.10. The standard InChI is InChI=1S/C18H16N2O3S/c19-9-14-13-6-2-4-8-16(13)24-18(14)20-10-12-5-1-3-7-15(12)23-11-17(21)22/h1,3,5,7,10H,2,4,6,8,11H2,(H,21,22). The normalized spacial score (nSPS) is 13.5. The molecule has 1 aliphatic carbocycles. The summed E-state index contributed by atoms with van der Waals surface area (Å²) in [6.07, 6.45) is 5.88. The van der Waals surface area contributed by atoms with Gasteiger partial charge in [0.2, 0.25) is 0 Å². The van der Waals surface area contributed by atoms with Gasteiger partial charge in [-0.15, -0.1) is 11.3 Å². The number of fused-ring (bicyclic) bond motifs is 1. The maximum atomic E-state index is 10.7. The first-order valence-electron chi connectivity index (χ1n) is 7.71. The van der Waals surface area contributed by atoms with Crippen LogP contribution in [0.4, 0.5) is 5.00 Å². The van der Waals surface area contributed by atoms with Gasteiger partial charge in [0.05, 0.1) is 5.56 Å². The van der Waals surface area contributed by atoms with Crippen LogP contribution in [-0.2, 0) is 17.6 Å². The highest BCUT2D eigenvalue weighted by molar-refractivity contribution is 7.16. The number of nitrogens with zero attached hydrogens (tertiary/aromatic N) is 2. The molecule has 24 heavy (non-hydrogen) atoms. The summed E-state index contributed by atoms with van der Waals surface area (Å²) in [5.41, 5.74) is 2.51. The van der Waals surface area contributed by atoms with Gasteiger partial charge in [0.15, 0.2) is 6.61 Å². The van der Waals surface area contributed by atoms with E-state index in [-0.39, 0.29) is 0 Å². The van der Waals surface area contributed by atoms with Gasteiger partial charge in [-0.2, -0.15) is 5.26 Å². The zero-order valence-corrected chi connectivity index (χ0v) is 13.8. The summed E-state index contributed by atoms with van der Waals surface area (Å²) >= 11 is 1.57. The molecule has 1 aromatic carbocycles. The minimum atomic E-state index is -1.03. The second-order valence-corrected chi connectivity index (χ2v) is 6.56. The Balaban J connectivity index is 1.88. The highest BCUT2D eigenvalue weighted by Gasteiger charge is 2.20. The van der Waals surface area contributed by atoms with Crippen molar-refractivity contribution in [1.82, 2.24) is 0 Å². The number of ether oxygens (including phenoxy) is 1. The number of para-hydroxylation sites is 1. The zero-order chi connectivity index (χ0) is 16.9. The van der Waals surface area contributed by atoms with Crippen LogP contribution in [0, 0.1) is 11.3 Å². The van der Waals surface area contributed by atoms with Crippen LogP contribution in [0.5, 0.6) is 5.75 Å². The fourth-order valence-electron chi connectivity index (χ4n) is 2.74. The summed E-state index contributed by atoms with van der Waals surface area (Å²) in [6, 6.07) is 9.40. The summed E-state index contributed by atoms with van der Waals surface area (Å²) in [7, 11) is 0. The lowest BCUT2D eigenvalue weighted by atomic mass is 9.96. The number of nitriles is 1. The molecular weight excluding hydrogens is 324 g/mol. The van der Waals surface area contributed by atoms with E-state index < -0.39 is 12.6 Å². The van der Waals surface area contributed by atoms with Gasteiger partial charge < -0.3 is 9.84 Å². The van der Waals surface area contributed by atoms with E-state index in [4.69, 9.17) is 9.84 Å². The molecule has 6 heteroatoms.